The molecule has 3 rings (SSSR count). The van der Waals surface area contributed by atoms with Gasteiger partial charge in [-0.3, -0.25) is 0 Å². The summed E-state index contributed by atoms with van der Waals surface area (Å²) < 4.78 is 1.73. The number of halogens is 1. The van der Waals surface area contributed by atoms with Crippen LogP contribution < -0.4 is 0 Å². The molecule has 0 aliphatic rings. The molecule has 0 aliphatic heterocycles. The molecular weight excluding hydrogens is 286 g/mol. The molecule has 0 radical (unpaired) electrons. The summed E-state index contributed by atoms with van der Waals surface area (Å²) in [7, 11) is 0. The molecular formula is C16H14ClN3O. The van der Waals surface area contributed by atoms with Crippen LogP contribution in [0.4, 0.5) is 0 Å². The quantitative estimate of drug-likeness (QED) is 0.806. The van der Waals surface area contributed by atoms with Crippen molar-refractivity contribution in [2.45, 2.75) is 13.5 Å². The first-order chi connectivity index (χ1) is 10.2. The zero-order valence-electron chi connectivity index (χ0n) is 11.5. The van der Waals surface area contributed by atoms with E-state index in [0.717, 1.165) is 16.9 Å². The van der Waals surface area contributed by atoms with Crippen LogP contribution in [0.25, 0.3) is 16.9 Å². The van der Waals surface area contributed by atoms with E-state index in [1.165, 1.54) is 5.56 Å². The number of hydrogen-bond acceptors (Lipinski definition) is 3. The molecule has 0 aliphatic carbocycles. The first-order valence-electron chi connectivity index (χ1n) is 6.57. The highest BCUT2D eigenvalue weighted by atomic mass is 35.5. The van der Waals surface area contributed by atoms with Gasteiger partial charge in [-0.05, 0) is 31.2 Å². The van der Waals surface area contributed by atoms with Gasteiger partial charge in [-0.15, -0.1) is 5.10 Å². The van der Waals surface area contributed by atoms with Gasteiger partial charge in [0.05, 0.1) is 12.3 Å². The molecule has 0 saturated carbocycles. The monoisotopic (exact) mass is 299 g/mol. The topological polar surface area (TPSA) is 50.9 Å². The molecule has 0 amide bonds. The third kappa shape index (κ3) is 2.68. The highest BCUT2D eigenvalue weighted by Gasteiger charge is 2.15. The second-order valence-corrected chi connectivity index (χ2v) is 5.23. The molecule has 0 bridgehead atoms. The summed E-state index contributed by atoms with van der Waals surface area (Å²) in [5.41, 5.74) is 4.30. The molecule has 21 heavy (non-hydrogen) atoms. The fourth-order valence-corrected chi connectivity index (χ4v) is 2.31. The van der Waals surface area contributed by atoms with Crippen LogP contribution in [0.3, 0.4) is 0 Å². The second-order valence-electron chi connectivity index (χ2n) is 4.80. The smallest absolute Gasteiger partial charge is 0.117 e. The molecule has 106 valence electrons. The lowest BCUT2D eigenvalue weighted by Gasteiger charge is -2.08. The van der Waals surface area contributed by atoms with Crippen molar-refractivity contribution < 1.29 is 5.11 Å². The Labute approximate surface area is 127 Å². The highest BCUT2D eigenvalue weighted by Crippen LogP contribution is 2.26. The van der Waals surface area contributed by atoms with E-state index in [9.17, 15) is 5.11 Å². The summed E-state index contributed by atoms with van der Waals surface area (Å²) in [6.07, 6.45) is 0. The summed E-state index contributed by atoms with van der Waals surface area (Å²) in [6.45, 7) is 1.87. The number of rotatable bonds is 3. The van der Waals surface area contributed by atoms with Gasteiger partial charge in [0.15, 0.2) is 0 Å². The molecule has 4 nitrogen and oxygen atoms in total. The van der Waals surface area contributed by atoms with Gasteiger partial charge in [-0.1, -0.05) is 46.6 Å². The Morgan fingerprint density at radius 3 is 2.33 bits per heavy atom. The second kappa shape index (κ2) is 5.68. The zero-order valence-corrected chi connectivity index (χ0v) is 12.2. The van der Waals surface area contributed by atoms with E-state index in [2.05, 4.69) is 10.3 Å². The van der Waals surface area contributed by atoms with E-state index >= 15 is 0 Å². The maximum atomic E-state index is 9.50. The van der Waals surface area contributed by atoms with Gasteiger partial charge in [0.2, 0.25) is 0 Å². The highest BCUT2D eigenvalue weighted by molar-refractivity contribution is 6.30. The van der Waals surface area contributed by atoms with E-state index < -0.39 is 0 Å². The molecule has 1 heterocycles. The molecule has 5 heteroatoms. The van der Waals surface area contributed by atoms with Crippen LogP contribution in [0.15, 0.2) is 48.5 Å². The summed E-state index contributed by atoms with van der Waals surface area (Å²) in [5.74, 6) is 0. The van der Waals surface area contributed by atoms with Crippen molar-refractivity contribution in [2.75, 3.05) is 0 Å². The summed E-state index contributed by atoms with van der Waals surface area (Å²) >= 11 is 5.93. The van der Waals surface area contributed by atoms with E-state index in [1.54, 1.807) is 4.68 Å². The third-order valence-electron chi connectivity index (χ3n) is 3.29. The average Bonchev–Trinajstić information content (AvgIpc) is 2.93. The number of benzene rings is 2. The standard InChI is InChI=1S/C16H14ClN3O/c1-11-2-8-14(9-3-11)20-16(15(10-21)18-19-20)12-4-6-13(17)7-5-12/h2-9,21H,10H2,1H3. The van der Waals surface area contributed by atoms with Gasteiger partial charge in [0, 0.05) is 10.6 Å². The van der Waals surface area contributed by atoms with Gasteiger partial charge >= 0.3 is 0 Å². The first-order valence-corrected chi connectivity index (χ1v) is 6.95. The Hall–Kier alpha value is -2.17. The summed E-state index contributed by atoms with van der Waals surface area (Å²) in [4.78, 5) is 0. The lowest BCUT2D eigenvalue weighted by Crippen LogP contribution is -2.00. The van der Waals surface area contributed by atoms with Crippen LogP contribution >= 0.6 is 11.6 Å². The minimum absolute atomic E-state index is 0.163. The first kappa shape index (κ1) is 13.8. The molecule has 0 unspecified atom stereocenters. The number of aliphatic hydroxyl groups excluding tert-OH is 1. The van der Waals surface area contributed by atoms with Crippen molar-refractivity contribution >= 4 is 11.6 Å². The normalized spacial score (nSPS) is 10.8. The minimum Gasteiger partial charge on any atom is -0.390 e. The molecule has 0 saturated heterocycles. The Bertz CT molecular complexity index is 748. The van der Waals surface area contributed by atoms with Gasteiger partial charge in [0.1, 0.15) is 11.4 Å². The molecule has 1 aromatic heterocycles. The van der Waals surface area contributed by atoms with Gasteiger partial charge in [-0.2, -0.15) is 0 Å². The van der Waals surface area contributed by atoms with Crippen molar-refractivity contribution in [1.82, 2.24) is 15.0 Å². The van der Waals surface area contributed by atoms with Crippen molar-refractivity contribution in [3.63, 3.8) is 0 Å². The largest absolute Gasteiger partial charge is 0.390 e. The van der Waals surface area contributed by atoms with Crippen LogP contribution in [0.1, 0.15) is 11.3 Å². The Kier molecular flexibility index (Phi) is 3.73. The average molecular weight is 300 g/mol. The van der Waals surface area contributed by atoms with Crippen LogP contribution in [0, 0.1) is 6.92 Å². The Morgan fingerprint density at radius 1 is 1.05 bits per heavy atom. The van der Waals surface area contributed by atoms with Crippen molar-refractivity contribution in [1.29, 1.82) is 0 Å². The van der Waals surface area contributed by atoms with E-state index in [1.807, 2.05) is 55.5 Å². The number of nitrogens with zero attached hydrogens (tertiary/aromatic N) is 3. The van der Waals surface area contributed by atoms with Crippen molar-refractivity contribution in [3.8, 4) is 16.9 Å². The van der Waals surface area contributed by atoms with E-state index in [-0.39, 0.29) is 6.61 Å². The Balaban J connectivity index is 2.16. The van der Waals surface area contributed by atoms with Crippen molar-refractivity contribution in [3.05, 3.63) is 64.8 Å². The maximum Gasteiger partial charge on any atom is 0.117 e. The van der Waals surface area contributed by atoms with E-state index in [4.69, 9.17) is 11.6 Å². The molecule has 2 aromatic carbocycles. The van der Waals surface area contributed by atoms with Gasteiger partial charge < -0.3 is 5.11 Å². The summed E-state index contributed by atoms with van der Waals surface area (Å²) in [6, 6.07) is 15.4. The molecule has 1 N–H and O–H groups in total. The lowest BCUT2D eigenvalue weighted by atomic mass is 10.1. The molecule has 0 spiro atoms. The predicted octanol–water partition coefficient (Wildman–Crippen LogP) is 3.39. The number of aromatic nitrogens is 3. The summed E-state index contributed by atoms with van der Waals surface area (Å²) in [5, 5.41) is 18.4. The van der Waals surface area contributed by atoms with Crippen LogP contribution in [-0.4, -0.2) is 20.1 Å². The maximum absolute atomic E-state index is 9.50. The van der Waals surface area contributed by atoms with Gasteiger partial charge in [-0.25, -0.2) is 4.68 Å². The third-order valence-corrected chi connectivity index (χ3v) is 3.54. The lowest BCUT2D eigenvalue weighted by molar-refractivity contribution is 0.277. The number of hydrogen-bond donors (Lipinski definition) is 1. The Morgan fingerprint density at radius 2 is 1.71 bits per heavy atom. The fourth-order valence-electron chi connectivity index (χ4n) is 2.18. The zero-order chi connectivity index (χ0) is 14.8. The van der Waals surface area contributed by atoms with Crippen molar-refractivity contribution in [2.24, 2.45) is 0 Å². The molecule has 0 fully saturated rings. The van der Waals surface area contributed by atoms with E-state index in [0.29, 0.717) is 10.7 Å². The van der Waals surface area contributed by atoms with Crippen LogP contribution in [-0.2, 0) is 6.61 Å². The SMILES string of the molecule is Cc1ccc(-n2nnc(CO)c2-c2ccc(Cl)cc2)cc1. The molecule has 0 atom stereocenters. The number of aryl methyl sites for hydroxylation is 1. The van der Waals surface area contributed by atoms with Crippen LogP contribution in [0.5, 0.6) is 0 Å². The predicted molar refractivity (Wildman–Crippen MR) is 82.5 cm³/mol. The fraction of sp³-hybridized carbons (Fsp3) is 0.125. The van der Waals surface area contributed by atoms with Crippen LogP contribution in [0.2, 0.25) is 5.02 Å². The number of aliphatic hydroxyl groups is 1. The molecule has 3 aromatic rings. The van der Waals surface area contributed by atoms with Gasteiger partial charge in [0.25, 0.3) is 0 Å². The minimum atomic E-state index is -0.163.